The van der Waals surface area contributed by atoms with Crippen LogP contribution < -0.4 is 5.32 Å². The average Bonchev–Trinajstić information content (AvgIpc) is 2.22. The molecule has 0 spiro atoms. The van der Waals surface area contributed by atoms with Crippen LogP contribution in [0.5, 0.6) is 0 Å². The van der Waals surface area contributed by atoms with E-state index in [1.165, 1.54) is 0 Å². The number of benzene rings is 1. The van der Waals surface area contributed by atoms with Crippen LogP contribution in [0.15, 0.2) is 12.1 Å². The van der Waals surface area contributed by atoms with Gasteiger partial charge >= 0.3 is 0 Å². The third-order valence-corrected chi connectivity index (χ3v) is 3.04. The van der Waals surface area contributed by atoms with E-state index >= 15 is 0 Å². The first kappa shape index (κ1) is 15.0. The highest BCUT2D eigenvalue weighted by molar-refractivity contribution is 5.27. The Morgan fingerprint density at radius 1 is 1.06 bits per heavy atom. The fraction of sp³-hybridized carbons (Fsp3) is 0.571. The van der Waals surface area contributed by atoms with Crippen LogP contribution in [0.2, 0.25) is 0 Å². The van der Waals surface area contributed by atoms with Gasteiger partial charge in [-0.15, -0.1) is 0 Å². The molecule has 1 aromatic carbocycles. The van der Waals surface area contributed by atoms with E-state index in [-0.39, 0.29) is 5.56 Å². The third kappa shape index (κ3) is 3.73. The third-order valence-electron chi connectivity index (χ3n) is 3.04. The Balaban J connectivity index is 2.87. The molecule has 0 saturated heterocycles. The minimum atomic E-state index is -1.15. The van der Waals surface area contributed by atoms with E-state index in [1.54, 1.807) is 0 Å². The molecule has 102 valence electrons. The lowest BCUT2D eigenvalue weighted by Gasteiger charge is -2.26. The Kier molecular flexibility index (Phi) is 4.79. The zero-order valence-electron chi connectivity index (χ0n) is 11.3. The minimum absolute atomic E-state index is 0.215. The van der Waals surface area contributed by atoms with E-state index in [0.717, 1.165) is 6.07 Å². The van der Waals surface area contributed by atoms with Crippen molar-refractivity contribution >= 4 is 0 Å². The number of hydrogen-bond acceptors (Lipinski definition) is 1. The van der Waals surface area contributed by atoms with Gasteiger partial charge in [0.15, 0.2) is 11.6 Å². The van der Waals surface area contributed by atoms with E-state index in [1.807, 2.05) is 27.7 Å². The Bertz CT molecular complexity index is 414. The Hall–Kier alpha value is -1.03. The number of halogens is 3. The maximum Gasteiger partial charge on any atom is 0.161 e. The lowest BCUT2D eigenvalue weighted by molar-refractivity contribution is 0.412. The van der Waals surface area contributed by atoms with Crippen molar-refractivity contribution < 1.29 is 13.2 Å². The van der Waals surface area contributed by atoms with E-state index < -0.39 is 22.9 Å². The summed E-state index contributed by atoms with van der Waals surface area (Å²) in [6.45, 7) is 8.38. The summed E-state index contributed by atoms with van der Waals surface area (Å²) >= 11 is 0. The monoisotopic (exact) mass is 259 g/mol. The van der Waals surface area contributed by atoms with Crippen LogP contribution in [-0.2, 0) is 5.41 Å². The molecule has 1 aromatic rings. The van der Waals surface area contributed by atoms with Gasteiger partial charge in [-0.25, -0.2) is 13.2 Å². The van der Waals surface area contributed by atoms with E-state index in [4.69, 9.17) is 0 Å². The molecule has 0 aliphatic rings. The normalized spacial score (nSPS) is 12.2. The standard InChI is InChI=1S/C14H20F3N/c1-9(2)18-6-5-14(3,4)10-7-12(16)13(17)8-11(10)15/h7-9,18H,5-6H2,1-4H3. The molecule has 0 bridgehead atoms. The van der Waals surface area contributed by atoms with Crippen molar-refractivity contribution in [1.29, 1.82) is 0 Å². The molecular weight excluding hydrogens is 239 g/mol. The van der Waals surface area contributed by atoms with Crippen molar-refractivity contribution in [2.45, 2.75) is 45.6 Å². The summed E-state index contributed by atoms with van der Waals surface area (Å²) in [5.41, 5.74) is -0.326. The number of rotatable bonds is 5. The predicted molar refractivity (Wildman–Crippen MR) is 67.1 cm³/mol. The molecular formula is C14H20F3N. The van der Waals surface area contributed by atoms with Gasteiger partial charge in [0.05, 0.1) is 0 Å². The highest BCUT2D eigenvalue weighted by Crippen LogP contribution is 2.30. The molecule has 0 fully saturated rings. The van der Waals surface area contributed by atoms with Crippen molar-refractivity contribution in [3.8, 4) is 0 Å². The quantitative estimate of drug-likeness (QED) is 0.794. The van der Waals surface area contributed by atoms with Gasteiger partial charge in [0.25, 0.3) is 0 Å². The van der Waals surface area contributed by atoms with Crippen molar-refractivity contribution in [2.24, 2.45) is 0 Å². The van der Waals surface area contributed by atoms with Gasteiger partial charge in [0.1, 0.15) is 5.82 Å². The van der Waals surface area contributed by atoms with Crippen molar-refractivity contribution in [2.75, 3.05) is 6.54 Å². The van der Waals surface area contributed by atoms with Crippen LogP contribution in [0.4, 0.5) is 13.2 Å². The molecule has 0 saturated carbocycles. The molecule has 0 aromatic heterocycles. The SMILES string of the molecule is CC(C)NCCC(C)(C)c1cc(F)c(F)cc1F. The first-order chi connectivity index (χ1) is 8.24. The lowest BCUT2D eigenvalue weighted by atomic mass is 9.81. The van der Waals surface area contributed by atoms with E-state index in [2.05, 4.69) is 5.32 Å². The Labute approximate surface area is 106 Å². The molecule has 0 unspecified atom stereocenters. The van der Waals surface area contributed by atoms with Crippen LogP contribution in [-0.4, -0.2) is 12.6 Å². The van der Waals surface area contributed by atoms with Gasteiger partial charge < -0.3 is 5.32 Å². The fourth-order valence-corrected chi connectivity index (χ4v) is 1.85. The molecule has 4 heteroatoms. The zero-order valence-corrected chi connectivity index (χ0v) is 11.3. The molecule has 0 heterocycles. The zero-order chi connectivity index (χ0) is 13.9. The summed E-state index contributed by atoms with van der Waals surface area (Å²) in [5.74, 6) is -2.84. The highest BCUT2D eigenvalue weighted by Gasteiger charge is 2.25. The summed E-state index contributed by atoms with van der Waals surface area (Å²) < 4.78 is 39.7. The molecule has 0 aliphatic heterocycles. The second-order valence-electron chi connectivity index (χ2n) is 5.49. The maximum absolute atomic E-state index is 13.7. The van der Waals surface area contributed by atoms with Crippen LogP contribution in [0.1, 0.15) is 39.7 Å². The fourth-order valence-electron chi connectivity index (χ4n) is 1.85. The maximum atomic E-state index is 13.7. The summed E-state index contributed by atoms with van der Waals surface area (Å²) in [4.78, 5) is 0. The first-order valence-electron chi connectivity index (χ1n) is 6.12. The van der Waals surface area contributed by atoms with Crippen LogP contribution >= 0.6 is 0 Å². The summed E-state index contributed by atoms with van der Waals surface area (Å²) in [6, 6.07) is 1.91. The second-order valence-corrected chi connectivity index (χ2v) is 5.49. The lowest BCUT2D eigenvalue weighted by Crippen LogP contribution is -2.30. The van der Waals surface area contributed by atoms with Crippen molar-refractivity contribution in [3.05, 3.63) is 35.1 Å². The second kappa shape index (κ2) is 5.74. The van der Waals surface area contributed by atoms with Crippen molar-refractivity contribution in [3.63, 3.8) is 0 Å². The summed E-state index contributed by atoms with van der Waals surface area (Å²) in [6.07, 6.45) is 0.646. The highest BCUT2D eigenvalue weighted by atomic mass is 19.2. The summed E-state index contributed by atoms with van der Waals surface area (Å²) in [7, 11) is 0. The first-order valence-corrected chi connectivity index (χ1v) is 6.12. The molecule has 0 radical (unpaired) electrons. The summed E-state index contributed by atoms with van der Waals surface area (Å²) in [5, 5.41) is 3.23. The van der Waals surface area contributed by atoms with Gasteiger partial charge in [0.2, 0.25) is 0 Å². The van der Waals surface area contributed by atoms with Gasteiger partial charge in [-0.1, -0.05) is 27.7 Å². The molecule has 18 heavy (non-hydrogen) atoms. The molecule has 0 amide bonds. The topological polar surface area (TPSA) is 12.0 Å². The van der Waals surface area contributed by atoms with E-state index in [9.17, 15) is 13.2 Å². The van der Waals surface area contributed by atoms with Gasteiger partial charge in [-0.05, 0) is 30.0 Å². The van der Waals surface area contributed by atoms with Gasteiger partial charge in [-0.3, -0.25) is 0 Å². The van der Waals surface area contributed by atoms with Crippen LogP contribution in [0.3, 0.4) is 0 Å². The molecule has 1 rings (SSSR count). The van der Waals surface area contributed by atoms with Crippen LogP contribution in [0, 0.1) is 17.5 Å². The largest absolute Gasteiger partial charge is 0.315 e. The molecule has 1 N–H and O–H groups in total. The smallest absolute Gasteiger partial charge is 0.161 e. The Morgan fingerprint density at radius 3 is 2.17 bits per heavy atom. The van der Waals surface area contributed by atoms with Crippen molar-refractivity contribution in [1.82, 2.24) is 5.32 Å². The van der Waals surface area contributed by atoms with Crippen LogP contribution in [0.25, 0.3) is 0 Å². The molecule has 1 nitrogen and oxygen atoms in total. The average molecular weight is 259 g/mol. The predicted octanol–water partition coefficient (Wildman–Crippen LogP) is 3.77. The van der Waals surface area contributed by atoms with Gasteiger partial charge in [0, 0.05) is 12.1 Å². The van der Waals surface area contributed by atoms with Gasteiger partial charge in [-0.2, -0.15) is 0 Å². The Morgan fingerprint density at radius 2 is 1.61 bits per heavy atom. The molecule has 0 atom stereocenters. The number of hydrogen-bond donors (Lipinski definition) is 1. The van der Waals surface area contributed by atoms with E-state index in [0.29, 0.717) is 25.1 Å². The number of nitrogens with one attached hydrogen (secondary N) is 1. The minimum Gasteiger partial charge on any atom is -0.315 e. The molecule has 0 aliphatic carbocycles.